The van der Waals surface area contributed by atoms with Gasteiger partial charge in [-0.3, -0.25) is 18.7 Å². The van der Waals surface area contributed by atoms with Crippen molar-refractivity contribution in [2.75, 3.05) is 13.2 Å². The maximum atomic E-state index is 11.4. The Bertz CT molecular complexity index is 1550. The van der Waals surface area contributed by atoms with Crippen molar-refractivity contribution in [2.45, 2.75) is 76.1 Å². The van der Waals surface area contributed by atoms with Crippen molar-refractivity contribution < 1.29 is 85.6 Å². The summed E-state index contributed by atoms with van der Waals surface area (Å²) in [4.78, 5) is 61.2. The molecule has 48 heavy (non-hydrogen) atoms. The van der Waals surface area contributed by atoms with Gasteiger partial charge in [-0.1, -0.05) is 7.43 Å². The van der Waals surface area contributed by atoms with Gasteiger partial charge in [0.05, 0.1) is 13.2 Å². The number of fused-ring (bicyclic) bond motifs is 1. The molecule has 0 saturated carbocycles. The van der Waals surface area contributed by atoms with Gasteiger partial charge in [-0.25, -0.2) is 0 Å². The summed E-state index contributed by atoms with van der Waals surface area (Å²) in [6.07, 6.45) is -1.81. The molecule has 3 fully saturated rings. The van der Waals surface area contributed by atoms with Crippen LogP contribution in [0.3, 0.4) is 0 Å². The van der Waals surface area contributed by atoms with Gasteiger partial charge in [0, 0.05) is 12.1 Å². The molecule has 0 aliphatic carbocycles. The first-order valence-electron chi connectivity index (χ1n) is 13.8. The average Bonchev–Trinajstić information content (AvgIpc) is 3.57. The predicted octanol–water partition coefficient (Wildman–Crippen LogP) is -3.23. The monoisotopic (exact) mass is 724 g/mol. The van der Waals surface area contributed by atoms with Crippen LogP contribution in [0.5, 0.6) is 0 Å². The quantitative estimate of drug-likeness (QED) is 0.104. The van der Waals surface area contributed by atoms with E-state index in [2.05, 4.69) is 9.05 Å². The summed E-state index contributed by atoms with van der Waals surface area (Å²) in [6, 6.07) is 6.13. The van der Waals surface area contributed by atoms with Gasteiger partial charge in [-0.05, 0) is 26.0 Å². The van der Waals surface area contributed by atoms with E-state index in [1.807, 2.05) is 0 Å². The Labute approximate surface area is 274 Å². The summed E-state index contributed by atoms with van der Waals surface area (Å²) in [5.41, 5.74) is 10.9. The zero-order chi connectivity index (χ0) is 34.9. The number of amides is 2. The highest BCUT2D eigenvalue weighted by atomic mass is 31.2. The smallest absolute Gasteiger partial charge is 0.292 e. The number of carbonyl (C=O) groups excluding carboxylic acids is 2. The van der Waals surface area contributed by atoms with Crippen LogP contribution in [0.25, 0.3) is 0 Å². The van der Waals surface area contributed by atoms with Crippen molar-refractivity contribution in [3.8, 4) is 0 Å². The minimum absolute atomic E-state index is 0. The SMILES string of the molecule is C.CC1(C)OC2[C@H](O1)C(COP(=O)([O-])O)O[C@H]2[n+]1cccc(C(N)=O)c1.NC(=O)c1ccc[n+]([C@@H]2OC(COP(=O)([O-])O)[C@@H](O)C2O)c1. The van der Waals surface area contributed by atoms with Crippen LogP contribution in [0.1, 0.15) is 54.4 Å². The summed E-state index contributed by atoms with van der Waals surface area (Å²) in [7, 11) is -9.86. The van der Waals surface area contributed by atoms with Crippen molar-refractivity contribution in [2.24, 2.45) is 11.5 Å². The van der Waals surface area contributed by atoms with Crippen molar-refractivity contribution in [1.29, 1.82) is 0 Å². The van der Waals surface area contributed by atoms with Crippen LogP contribution in [0.2, 0.25) is 0 Å². The van der Waals surface area contributed by atoms with Gasteiger partial charge in [0.2, 0.25) is 0 Å². The molecule has 2 aromatic rings. The van der Waals surface area contributed by atoms with Gasteiger partial charge < -0.3 is 69.2 Å². The fourth-order valence-corrected chi connectivity index (χ4v) is 5.75. The molecule has 268 valence electrons. The molecule has 2 amide bonds. The van der Waals surface area contributed by atoms with E-state index in [9.17, 15) is 38.7 Å². The number of nitrogens with zero attached hydrogens (tertiary/aromatic N) is 2. The van der Waals surface area contributed by atoms with Crippen LogP contribution >= 0.6 is 15.6 Å². The Morgan fingerprint density at radius 1 is 0.833 bits per heavy atom. The normalized spacial score (nSPS) is 31.3. The van der Waals surface area contributed by atoms with Gasteiger partial charge in [0.1, 0.15) is 35.5 Å². The third-order valence-corrected chi connectivity index (χ3v) is 8.02. The number of hydrogen-bond acceptors (Lipinski definition) is 14. The first-order chi connectivity index (χ1) is 21.7. The van der Waals surface area contributed by atoms with Gasteiger partial charge in [0.15, 0.2) is 42.8 Å². The fourth-order valence-electron chi connectivity index (χ4n) is 5.08. The minimum Gasteiger partial charge on any atom is -0.756 e. The molecule has 6 unspecified atom stereocenters. The number of pyridine rings is 2. The Hall–Kier alpha value is -2.78. The highest BCUT2D eigenvalue weighted by Gasteiger charge is 2.59. The predicted molar refractivity (Wildman–Crippen MR) is 152 cm³/mol. The molecule has 3 aliphatic rings. The van der Waals surface area contributed by atoms with E-state index in [1.165, 1.54) is 35.3 Å². The van der Waals surface area contributed by atoms with Crippen molar-refractivity contribution in [1.82, 2.24) is 0 Å². The first kappa shape index (κ1) is 39.7. The maximum Gasteiger partial charge on any atom is 0.292 e. The Morgan fingerprint density at radius 3 is 1.75 bits per heavy atom. The van der Waals surface area contributed by atoms with Crippen LogP contribution in [-0.4, -0.2) is 87.4 Å². The van der Waals surface area contributed by atoms with E-state index < -0.39 is 95.5 Å². The van der Waals surface area contributed by atoms with Gasteiger partial charge in [-0.2, -0.15) is 9.13 Å². The van der Waals surface area contributed by atoms with Gasteiger partial charge in [-0.15, -0.1) is 0 Å². The van der Waals surface area contributed by atoms with Crippen LogP contribution in [0.4, 0.5) is 0 Å². The number of aliphatic hydroxyl groups is 2. The molecule has 8 N–H and O–H groups in total. The van der Waals surface area contributed by atoms with E-state index in [0.717, 1.165) is 0 Å². The fraction of sp³-hybridized carbons (Fsp3) is 0.538. The van der Waals surface area contributed by atoms with Crippen LogP contribution < -0.4 is 30.4 Å². The lowest BCUT2D eigenvalue weighted by Crippen LogP contribution is -2.46. The highest BCUT2D eigenvalue weighted by Crippen LogP contribution is 2.42. The summed E-state index contributed by atoms with van der Waals surface area (Å²) in [6.45, 7) is 2.34. The Balaban J connectivity index is 0.000000257. The molecule has 20 nitrogen and oxygen atoms in total. The van der Waals surface area contributed by atoms with E-state index >= 15 is 0 Å². The number of phosphoric acid groups is 2. The number of rotatable bonds is 10. The number of nitrogens with two attached hydrogens (primary N) is 2. The largest absolute Gasteiger partial charge is 0.756 e. The van der Waals surface area contributed by atoms with Crippen LogP contribution in [0, 0.1) is 0 Å². The van der Waals surface area contributed by atoms with Crippen molar-refractivity contribution in [3.63, 3.8) is 0 Å². The third kappa shape index (κ3) is 10.1. The molecule has 5 heterocycles. The summed E-state index contributed by atoms with van der Waals surface area (Å²) >= 11 is 0. The molecule has 0 bridgehead atoms. The Kier molecular flexibility index (Phi) is 12.7. The molecule has 22 heteroatoms. The number of aliphatic hydroxyl groups excluding tert-OH is 2. The number of hydrogen-bond donors (Lipinski definition) is 6. The zero-order valence-electron chi connectivity index (χ0n) is 24.8. The highest BCUT2D eigenvalue weighted by molar-refractivity contribution is 7.45. The van der Waals surface area contributed by atoms with Gasteiger partial charge >= 0.3 is 0 Å². The molecular formula is C26H38N4O16P2. The lowest BCUT2D eigenvalue weighted by atomic mass is 10.1. The van der Waals surface area contributed by atoms with Crippen LogP contribution in [0.15, 0.2) is 49.1 Å². The number of primary amides is 2. The van der Waals surface area contributed by atoms with Crippen LogP contribution in [-0.2, 0) is 37.1 Å². The van der Waals surface area contributed by atoms with E-state index in [-0.39, 0.29) is 18.6 Å². The third-order valence-electron chi connectivity index (χ3n) is 7.07. The molecule has 10 atom stereocenters. The molecule has 0 radical (unpaired) electrons. The summed E-state index contributed by atoms with van der Waals surface area (Å²) < 4.78 is 55.7. The topological polar surface area (TPSA) is 310 Å². The summed E-state index contributed by atoms with van der Waals surface area (Å²) in [5, 5.41) is 19.8. The number of ether oxygens (including phenoxy) is 4. The summed E-state index contributed by atoms with van der Waals surface area (Å²) in [5.74, 6) is -2.19. The minimum atomic E-state index is -4.97. The average molecular weight is 725 g/mol. The van der Waals surface area contributed by atoms with Gasteiger partial charge in [0.25, 0.3) is 39.9 Å². The van der Waals surface area contributed by atoms with E-state index in [0.29, 0.717) is 0 Å². The second-order valence-electron chi connectivity index (χ2n) is 11.0. The molecule has 3 saturated heterocycles. The lowest BCUT2D eigenvalue weighted by Gasteiger charge is -2.24. The second kappa shape index (κ2) is 15.4. The lowest BCUT2D eigenvalue weighted by molar-refractivity contribution is -0.766. The van der Waals surface area contributed by atoms with Crippen molar-refractivity contribution in [3.05, 3.63) is 60.2 Å². The maximum absolute atomic E-state index is 11.4. The second-order valence-corrected chi connectivity index (χ2v) is 13.4. The van der Waals surface area contributed by atoms with Crippen molar-refractivity contribution >= 4 is 27.5 Å². The molecule has 0 aromatic carbocycles. The van der Waals surface area contributed by atoms with E-state index in [1.54, 1.807) is 36.7 Å². The molecule has 2 aromatic heterocycles. The first-order valence-corrected chi connectivity index (χ1v) is 16.7. The van der Waals surface area contributed by atoms with E-state index in [4.69, 9.17) is 40.2 Å². The molecule has 5 rings (SSSR count). The standard InChI is InChI=1S/C14H19N2O8P.C11H15N2O8P.CH4/c1-14(2)23-10-9(7-21-25(18,19)20)22-13(11(10)24-14)16-5-3-4-8(6-16)12(15)17;12-10(16)6-2-1-3-13(4-6)11-9(15)8(14)7(21-11)5-20-22(17,18)19;/h3-6,9-11,13H,7H2,1-2H3,(H3-,15,17,18,19,20);1-4,7-9,11,14-15H,5H2,(H3-,12,16,17,18,19);1H4/t9?,10-,11?,13-;7?,8-,9?,11-;/m11./s1. The zero-order valence-corrected chi connectivity index (χ0v) is 26.6. The number of carbonyl (C=O) groups is 2. The number of aromatic nitrogens is 2. The Morgan fingerprint density at radius 2 is 1.27 bits per heavy atom. The molecular weight excluding hydrogens is 686 g/mol. The number of phosphoric ester groups is 2. The molecule has 0 spiro atoms. The molecule has 3 aliphatic heterocycles.